The van der Waals surface area contributed by atoms with E-state index in [9.17, 15) is 13.2 Å². The van der Waals surface area contributed by atoms with E-state index < -0.39 is 10.0 Å². The van der Waals surface area contributed by atoms with Crippen molar-refractivity contribution in [3.05, 3.63) is 118 Å². The minimum atomic E-state index is -3.53. The van der Waals surface area contributed by atoms with Crippen molar-refractivity contribution in [2.24, 2.45) is 5.10 Å². The zero-order valence-corrected chi connectivity index (χ0v) is 24.0. The lowest BCUT2D eigenvalue weighted by Crippen LogP contribution is -2.29. The predicted molar refractivity (Wildman–Crippen MR) is 158 cm³/mol. The Balaban J connectivity index is 1.47. The number of aromatic nitrogens is 1. The van der Waals surface area contributed by atoms with Crippen LogP contribution in [0.5, 0.6) is 0 Å². The molecule has 4 aromatic rings. The number of sulfonamides is 1. The Labute approximate surface area is 230 Å². The van der Waals surface area contributed by atoms with E-state index in [-0.39, 0.29) is 12.5 Å². The molecular weight excluding hydrogens is 508 g/mol. The van der Waals surface area contributed by atoms with E-state index in [1.165, 1.54) is 21.7 Å². The SMILES string of the molecule is Cc1ccc(CN(c2ccc(C(=O)N/N=C\c3cc(C)n(-c4cc(C)cc(C)c4)c3C)cc2)S(C)(=O)=O)cc1. The molecule has 0 fully saturated rings. The van der Waals surface area contributed by atoms with E-state index in [1.54, 1.807) is 30.5 Å². The largest absolute Gasteiger partial charge is 0.318 e. The summed E-state index contributed by atoms with van der Waals surface area (Å²) in [6, 6.07) is 22.6. The lowest BCUT2D eigenvalue weighted by atomic mass is 10.1. The summed E-state index contributed by atoms with van der Waals surface area (Å²) in [5, 5.41) is 4.18. The van der Waals surface area contributed by atoms with Crippen LogP contribution in [-0.2, 0) is 16.6 Å². The molecule has 1 N–H and O–H groups in total. The third kappa shape index (κ3) is 6.64. The first-order valence-electron chi connectivity index (χ1n) is 12.7. The molecule has 0 aliphatic heterocycles. The number of aryl methyl sites for hydroxylation is 4. The quantitative estimate of drug-likeness (QED) is 0.227. The summed E-state index contributed by atoms with van der Waals surface area (Å²) in [6.07, 6.45) is 2.81. The number of carbonyl (C=O) groups excluding carboxylic acids is 1. The number of benzene rings is 3. The third-order valence-corrected chi connectivity index (χ3v) is 7.71. The number of carbonyl (C=O) groups is 1. The average molecular weight is 543 g/mol. The van der Waals surface area contributed by atoms with E-state index in [1.807, 2.05) is 51.1 Å². The van der Waals surface area contributed by atoms with Gasteiger partial charge >= 0.3 is 0 Å². The maximum atomic E-state index is 12.7. The number of hydrogen-bond acceptors (Lipinski definition) is 4. The molecule has 0 atom stereocenters. The maximum absolute atomic E-state index is 12.7. The molecule has 0 spiro atoms. The third-order valence-electron chi connectivity index (χ3n) is 6.57. The lowest BCUT2D eigenvalue weighted by molar-refractivity contribution is 0.0955. The van der Waals surface area contributed by atoms with Crippen molar-refractivity contribution in [3.63, 3.8) is 0 Å². The molecule has 202 valence electrons. The Bertz CT molecular complexity index is 1610. The van der Waals surface area contributed by atoms with Crippen molar-refractivity contribution < 1.29 is 13.2 Å². The fourth-order valence-electron chi connectivity index (χ4n) is 4.66. The first-order valence-corrected chi connectivity index (χ1v) is 14.5. The van der Waals surface area contributed by atoms with E-state index >= 15 is 0 Å². The Morgan fingerprint density at radius 2 is 1.49 bits per heavy atom. The molecule has 1 heterocycles. The smallest absolute Gasteiger partial charge is 0.271 e. The topological polar surface area (TPSA) is 83.8 Å². The Kier molecular flexibility index (Phi) is 8.06. The molecule has 0 aliphatic rings. The molecular formula is C31H34N4O3S. The second-order valence-corrected chi connectivity index (χ2v) is 11.9. The molecule has 0 aliphatic carbocycles. The fraction of sp³-hybridized carbons (Fsp3) is 0.226. The van der Waals surface area contributed by atoms with Gasteiger partial charge in [0.05, 0.1) is 24.7 Å². The van der Waals surface area contributed by atoms with Crippen LogP contribution in [0.25, 0.3) is 5.69 Å². The van der Waals surface area contributed by atoms with Crippen LogP contribution >= 0.6 is 0 Å². The van der Waals surface area contributed by atoms with E-state index in [0.717, 1.165) is 33.8 Å². The van der Waals surface area contributed by atoms with Gasteiger partial charge in [-0.05, 0) is 93.8 Å². The first kappa shape index (κ1) is 27.9. The van der Waals surface area contributed by atoms with Crippen molar-refractivity contribution in [2.45, 2.75) is 41.2 Å². The minimum absolute atomic E-state index is 0.204. The summed E-state index contributed by atoms with van der Waals surface area (Å²) in [4.78, 5) is 12.7. The van der Waals surface area contributed by atoms with Crippen LogP contribution in [0.15, 0.2) is 77.9 Å². The number of rotatable bonds is 8. The van der Waals surface area contributed by atoms with Crippen molar-refractivity contribution in [2.75, 3.05) is 10.6 Å². The van der Waals surface area contributed by atoms with Gasteiger partial charge in [0.1, 0.15) is 0 Å². The summed E-state index contributed by atoms with van der Waals surface area (Å²) in [6.45, 7) is 10.4. The molecule has 3 aromatic carbocycles. The number of nitrogens with one attached hydrogen (secondary N) is 1. The molecule has 4 rings (SSSR count). The van der Waals surface area contributed by atoms with Crippen LogP contribution in [0.1, 0.15) is 49.6 Å². The van der Waals surface area contributed by atoms with Gasteiger partial charge in [-0.1, -0.05) is 35.9 Å². The van der Waals surface area contributed by atoms with Gasteiger partial charge in [0.15, 0.2) is 0 Å². The number of nitrogens with zero attached hydrogens (tertiary/aromatic N) is 3. The van der Waals surface area contributed by atoms with Gasteiger partial charge in [-0.25, -0.2) is 13.8 Å². The fourth-order valence-corrected chi connectivity index (χ4v) is 5.55. The van der Waals surface area contributed by atoms with Crippen molar-refractivity contribution in [3.8, 4) is 5.69 Å². The van der Waals surface area contributed by atoms with E-state index in [4.69, 9.17) is 0 Å². The number of anilines is 1. The first-order chi connectivity index (χ1) is 18.4. The second-order valence-electron chi connectivity index (χ2n) is 10.0. The maximum Gasteiger partial charge on any atom is 0.271 e. The van der Waals surface area contributed by atoms with E-state index in [2.05, 4.69) is 47.1 Å². The van der Waals surface area contributed by atoms with Gasteiger partial charge in [0, 0.05) is 28.2 Å². The predicted octanol–water partition coefficient (Wildman–Crippen LogP) is 5.75. The van der Waals surface area contributed by atoms with Crippen molar-refractivity contribution in [1.82, 2.24) is 9.99 Å². The molecule has 39 heavy (non-hydrogen) atoms. The monoisotopic (exact) mass is 542 g/mol. The second kappa shape index (κ2) is 11.3. The minimum Gasteiger partial charge on any atom is -0.318 e. The normalized spacial score (nSPS) is 11.6. The van der Waals surface area contributed by atoms with Gasteiger partial charge in [-0.15, -0.1) is 0 Å². The summed E-state index contributed by atoms with van der Waals surface area (Å²) in [5.74, 6) is -0.384. The Morgan fingerprint density at radius 3 is 2.08 bits per heavy atom. The number of hydrazone groups is 1. The number of amides is 1. The zero-order chi connectivity index (χ0) is 28.3. The van der Waals surface area contributed by atoms with Gasteiger partial charge < -0.3 is 4.57 Å². The summed E-state index contributed by atoms with van der Waals surface area (Å²) < 4.78 is 28.5. The van der Waals surface area contributed by atoms with Crippen LogP contribution in [0.3, 0.4) is 0 Å². The van der Waals surface area contributed by atoms with Crippen LogP contribution in [0, 0.1) is 34.6 Å². The van der Waals surface area contributed by atoms with Crippen LogP contribution in [0.2, 0.25) is 0 Å². The van der Waals surface area contributed by atoms with Gasteiger partial charge in [-0.2, -0.15) is 5.10 Å². The van der Waals surface area contributed by atoms with Crippen LogP contribution in [-0.4, -0.2) is 31.4 Å². The van der Waals surface area contributed by atoms with Crippen molar-refractivity contribution in [1.29, 1.82) is 0 Å². The Hall–Kier alpha value is -4.17. The standard InChI is InChI=1S/C31H34N4O3S/c1-21-7-9-26(10-8-21)20-34(39(6,37)38)29-13-11-27(12-14-29)31(36)33-32-19-28-18-24(4)35(25(28)5)30-16-22(2)15-23(3)17-30/h7-19H,20H2,1-6H3,(H,33,36)/b32-19-. The average Bonchev–Trinajstić information content (AvgIpc) is 3.15. The van der Waals surface area contributed by atoms with Crippen LogP contribution < -0.4 is 9.73 Å². The summed E-state index contributed by atoms with van der Waals surface area (Å²) in [7, 11) is -3.53. The van der Waals surface area contributed by atoms with Gasteiger partial charge in [0.25, 0.3) is 5.91 Å². The highest BCUT2D eigenvalue weighted by Crippen LogP contribution is 2.23. The Morgan fingerprint density at radius 1 is 0.872 bits per heavy atom. The molecule has 0 saturated carbocycles. The lowest BCUT2D eigenvalue weighted by Gasteiger charge is -2.22. The molecule has 0 saturated heterocycles. The summed E-state index contributed by atoms with van der Waals surface area (Å²) >= 11 is 0. The molecule has 0 unspecified atom stereocenters. The van der Waals surface area contributed by atoms with E-state index in [0.29, 0.717) is 11.3 Å². The molecule has 8 heteroatoms. The number of hydrogen-bond donors (Lipinski definition) is 1. The molecule has 1 aromatic heterocycles. The van der Waals surface area contributed by atoms with Gasteiger partial charge in [-0.3, -0.25) is 9.10 Å². The highest BCUT2D eigenvalue weighted by molar-refractivity contribution is 7.92. The molecule has 0 radical (unpaired) electrons. The molecule has 1 amide bonds. The zero-order valence-electron chi connectivity index (χ0n) is 23.2. The molecule has 0 bridgehead atoms. The van der Waals surface area contributed by atoms with Gasteiger partial charge in [0.2, 0.25) is 10.0 Å². The van der Waals surface area contributed by atoms with Crippen LogP contribution in [0.4, 0.5) is 5.69 Å². The summed E-state index contributed by atoms with van der Waals surface area (Å²) in [5.41, 5.74) is 11.9. The van der Waals surface area contributed by atoms with Crippen molar-refractivity contribution >= 4 is 27.8 Å². The highest BCUT2D eigenvalue weighted by atomic mass is 32.2. The molecule has 7 nitrogen and oxygen atoms in total. The highest BCUT2D eigenvalue weighted by Gasteiger charge is 2.18.